The van der Waals surface area contributed by atoms with Crippen molar-refractivity contribution < 1.29 is 24.5 Å². The van der Waals surface area contributed by atoms with Gasteiger partial charge in [-0.05, 0) is 77.0 Å². The molecule has 0 bridgehead atoms. The number of aliphatic hydroxyl groups excluding tert-OH is 2. The van der Waals surface area contributed by atoms with Crippen molar-refractivity contribution in [3.05, 3.63) is 48.6 Å². The third kappa shape index (κ3) is 46.2. The Kier molecular flexibility index (Phi) is 49.1. The fourth-order valence-corrected chi connectivity index (χ4v) is 8.27. The van der Waals surface area contributed by atoms with Crippen LogP contribution in [0.1, 0.15) is 278 Å². The van der Waals surface area contributed by atoms with Gasteiger partial charge in [0.2, 0.25) is 5.91 Å². The van der Waals surface area contributed by atoms with Crippen LogP contribution in [-0.4, -0.2) is 46.9 Å². The first-order valence-electron chi connectivity index (χ1n) is 27.4. The lowest BCUT2D eigenvalue weighted by Crippen LogP contribution is -2.46. The Morgan fingerprint density at radius 3 is 1.35 bits per heavy atom. The van der Waals surface area contributed by atoms with Crippen LogP contribution in [0.3, 0.4) is 0 Å². The molecule has 0 fully saturated rings. The summed E-state index contributed by atoms with van der Waals surface area (Å²) in [6.07, 6.45) is 61.8. The third-order valence-corrected chi connectivity index (χ3v) is 12.4. The number of carbonyl (C=O) groups is 2. The second kappa shape index (κ2) is 50.8. The lowest BCUT2D eigenvalue weighted by atomic mass is 10.0. The van der Waals surface area contributed by atoms with Gasteiger partial charge in [0.05, 0.1) is 25.2 Å². The molecule has 0 saturated carbocycles. The molecule has 0 spiro atoms. The summed E-state index contributed by atoms with van der Waals surface area (Å²) < 4.78 is 5.92. The van der Waals surface area contributed by atoms with Crippen LogP contribution >= 0.6 is 0 Å². The second-order valence-corrected chi connectivity index (χ2v) is 18.6. The molecule has 0 aliphatic heterocycles. The molecule has 0 saturated heterocycles. The molecule has 63 heavy (non-hydrogen) atoms. The van der Waals surface area contributed by atoms with E-state index in [2.05, 4.69) is 74.7 Å². The Morgan fingerprint density at radius 2 is 0.873 bits per heavy atom. The van der Waals surface area contributed by atoms with E-state index >= 15 is 0 Å². The summed E-state index contributed by atoms with van der Waals surface area (Å²) in [6, 6.07) is -0.712. The molecule has 1 amide bonds. The van der Waals surface area contributed by atoms with Crippen LogP contribution in [-0.2, 0) is 14.3 Å². The van der Waals surface area contributed by atoms with Crippen LogP contribution in [0, 0.1) is 0 Å². The zero-order valence-corrected chi connectivity index (χ0v) is 42.0. The van der Waals surface area contributed by atoms with E-state index in [0.29, 0.717) is 19.3 Å². The van der Waals surface area contributed by atoms with Crippen LogP contribution in [0.25, 0.3) is 0 Å². The molecule has 0 heterocycles. The molecule has 6 heteroatoms. The third-order valence-electron chi connectivity index (χ3n) is 12.4. The Hall–Kier alpha value is -2.18. The average Bonchev–Trinajstić information content (AvgIpc) is 3.28. The fourth-order valence-electron chi connectivity index (χ4n) is 8.27. The number of amides is 1. The molecule has 368 valence electrons. The molecule has 0 aromatic rings. The van der Waals surface area contributed by atoms with Gasteiger partial charge in [0.15, 0.2) is 0 Å². The molecular formula is C57H105NO5. The number of rotatable bonds is 49. The van der Waals surface area contributed by atoms with Gasteiger partial charge in [-0.2, -0.15) is 0 Å². The predicted molar refractivity (Wildman–Crippen MR) is 273 cm³/mol. The quantitative estimate of drug-likeness (QED) is 0.0321. The smallest absolute Gasteiger partial charge is 0.306 e. The van der Waals surface area contributed by atoms with Gasteiger partial charge in [0, 0.05) is 6.42 Å². The lowest BCUT2D eigenvalue weighted by molar-refractivity contribution is -0.151. The van der Waals surface area contributed by atoms with Gasteiger partial charge in [-0.25, -0.2) is 0 Å². The number of hydrogen-bond acceptors (Lipinski definition) is 5. The summed E-state index contributed by atoms with van der Waals surface area (Å²) >= 11 is 0. The fraction of sp³-hybridized carbons (Fsp3) is 0.825. The standard InChI is InChI=1S/C57H105NO5/c1-4-7-10-13-16-19-22-24-26-28-29-31-34-37-40-43-46-49-55(60)54(52-59)58-56(61)51-53(48-45-42-39-36-33-21-18-15-12-9-6-3)63-57(62)50-47-44-41-38-35-32-30-27-25-23-20-17-14-11-8-5-2/h8,11,17,20,25,27,36,39,53-55,59-60H,4-7,9-10,12-16,18-19,21-24,26,28-35,37-38,40-52H2,1-3H3,(H,58,61)/b11-8+,20-17+,27-25+,39-36-. The van der Waals surface area contributed by atoms with E-state index in [4.69, 9.17) is 4.74 Å². The van der Waals surface area contributed by atoms with Crippen LogP contribution in [0.5, 0.6) is 0 Å². The largest absolute Gasteiger partial charge is 0.462 e. The van der Waals surface area contributed by atoms with Gasteiger partial charge in [-0.3, -0.25) is 9.59 Å². The Balaban J connectivity index is 4.50. The zero-order chi connectivity index (χ0) is 45.9. The highest BCUT2D eigenvalue weighted by Gasteiger charge is 2.24. The topological polar surface area (TPSA) is 95.9 Å². The number of unbranched alkanes of at least 4 members (excludes halogenated alkanes) is 29. The van der Waals surface area contributed by atoms with Crippen molar-refractivity contribution in [2.24, 2.45) is 0 Å². The second-order valence-electron chi connectivity index (χ2n) is 18.6. The van der Waals surface area contributed by atoms with Crippen molar-refractivity contribution in [3.8, 4) is 0 Å². The van der Waals surface area contributed by atoms with E-state index in [1.54, 1.807) is 0 Å². The number of aliphatic hydroxyl groups is 2. The van der Waals surface area contributed by atoms with Crippen molar-refractivity contribution in [2.45, 2.75) is 296 Å². The van der Waals surface area contributed by atoms with Crippen LogP contribution in [0.2, 0.25) is 0 Å². The van der Waals surface area contributed by atoms with E-state index < -0.39 is 18.2 Å². The average molecular weight is 884 g/mol. The number of carbonyl (C=O) groups excluding carboxylic acids is 2. The highest BCUT2D eigenvalue weighted by atomic mass is 16.5. The molecule has 0 rings (SSSR count). The van der Waals surface area contributed by atoms with Crippen molar-refractivity contribution in [2.75, 3.05) is 6.61 Å². The number of allylic oxidation sites excluding steroid dienone is 8. The zero-order valence-electron chi connectivity index (χ0n) is 42.0. The summed E-state index contributed by atoms with van der Waals surface area (Å²) in [5.41, 5.74) is 0. The van der Waals surface area contributed by atoms with Gasteiger partial charge in [-0.15, -0.1) is 0 Å². The molecule has 0 aromatic heterocycles. The van der Waals surface area contributed by atoms with Gasteiger partial charge in [0.25, 0.3) is 0 Å². The van der Waals surface area contributed by atoms with Crippen molar-refractivity contribution in [1.29, 1.82) is 0 Å². The Morgan fingerprint density at radius 1 is 0.476 bits per heavy atom. The van der Waals surface area contributed by atoms with E-state index in [1.807, 2.05) is 0 Å². The maximum atomic E-state index is 13.2. The van der Waals surface area contributed by atoms with Crippen LogP contribution in [0.15, 0.2) is 48.6 Å². The van der Waals surface area contributed by atoms with Gasteiger partial charge < -0.3 is 20.3 Å². The van der Waals surface area contributed by atoms with E-state index in [-0.39, 0.29) is 24.9 Å². The number of esters is 1. The molecule has 3 atom stereocenters. The maximum Gasteiger partial charge on any atom is 0.306 e. The number of hydrogen-bond donors (Lipinski definition) is 3. The van der Waals surface area contributed by atoms with E-state index in [1.165, 1.54) is 148 Å². The van der Waals surface area contributed by atoms with Crippen molar-refractivity contribution in [3.63, 3.8) is 0 Å². The van der Waals surface area contributed by atoms with Gasteiger partial charge >= 0.3 is 5.97 Å². The highest BCUT2D eigenvalue weighted by Crippen LogP contribution is 2.18. The first-order valence-corrected chi connectivity index (χ1v) is 27.4. The highest BCUT2D eigenvalue weighted by molar-refractivity contribution is 5.77. The SMILES string of the molecule is CC/C=C/C/C=C/C/C=C/CCCCCCCCC(=O)OC(CCC/C=C\CCCCCCCC)CC(=O)NC(CO)C(O)CCCCCCCCCCCCCCCCCCC. The first-order chi connectivity index (χ1) is 31.0. The number of nitrogens with one attached hydrogen (secondary N) is 1. The van der Waals surface area contributed by atoms with Crippen LogP contribution in [0.4, 0.5) is 0 Å². The molecule has 0 aromatic carbocycles. The van der Waals surface area contributed by atoms with Gasteiger partial charge in [0.1, 0.15) is 6.10 Å². The van der Waals surface area contributed by atoms with E-state index in [9.17, 15) is 19.8 Å². The predicted octanol–water partition coefficient (Wildman–Crippen LogP) is 16.6. The Labute approximate surface area is 391 Å². The Bertz CT molecular complexity index is 1080. The van der Waals surface area contributed by atoms with Gasteiger partial charge in [-0.1, -0.05) is 236 Å². The maximum absolute atomic E-state index is 13.2. The molecule has 0 aliphatic rings. The summed E-state index contributed by atoms with van der Waals surface area (Å²) in [5, 5.41) is 23.8. The summed E-state index contributed by atoms with van der Waals surface area (Å²) in [4.78, 5) is 26.2. The normalized spacial score (nSPS) is 13.5. The summed E-state index contributed by atoms with van der Waals surface area (Å²) in [7, 11) is 0. The summed E-state index contributed by atoms with van der Waals surface area (Å²) in [6.45, 7) is 6.37. The van der Waals surface area contributed by atoms with Crippen LogP contribution < -0.4 is 5.32 Å². The minimum absolute atomic E-state index is 0.0522. The molecule has 0 aliphatic carbocycles. The minimum Gasteiger partial charge on any atom is -0.462 e. The van der Waals surface area contributed by atoms with Crippen molar-refractivity contribution >= 4 is 11.9 Å². The molecule has 3 N–H and O–H groups in total. The molecule has 6 nitrogen and oxygen atoms in total. The molecule has 3 unspecified atom stereocenters. The summed E-state index contributed by atoms with van der Waals surface area (Å²) in [5.74, 6) is -0.511. The lowest BCUT2D eigenvalue weighted by Gasteiger charge is -2.24. The molecular weight excluding hydrogens is 779 g/mol. The minimum atomic E-state index is -0.796. The monoisotopic (exact) mass is 884 g/mol. The number of ether oxygens (including phenoxy) is 1. The van der Waals surface area contributed by atoms with Crippen molar-refractivity contribution in [1.82, 2.24) is 5.32 Å². The molecule has 0 radical (unpaired) electrons. The first kappa shape index (κ1) is 60.8. The van der Waals surface area contributed by atoms with E-state index in [0.717, 1.165) is 83.5 Å².